The molecule has 0 spiro atoms. The molecule has 0 aliphatic rings. The molecule has 2 N–H and O–H groups in total. The minimum absolute atomic E-state index is 0.914. The van der Waals surface area contributed by atoms with Crippen molar-refractivity contribution in [3.05, 3.63) is 66.8 Å². The molecule has 0 saturated heterocycles. The molecule has 0 amide bonds. The number of carboxylic acids is 1. The lowest BCUT2D eigenvalue weighted by molar-refractivity contribution is -0.131. The summed E-state index contributed by atoms with van der Waals surface area (Å²) in [5, 5.41) is 13.8. The van der Waals surface area contributed by atoms with Crippen LogP contribution in [0, 0.1) is 0 Å². The predicted molar refractivity (Wildman–Crippen MR) is 85.1 cm³/mol. The van der Waals surface area contributed by atoms with Gasteiger partial charge in [-0.2, -0.15) is 0 Å². The van der Waals surface area contributed by atoms with E-state index in [-0.39, 0.29) is 0 Å². The number of hydrogen-bond acceptors (Lipinski definition) is 2. The zero-order valence-electron chi connectivity index (χ0n) is 11.7. The van der Waals surface area contributed by atoms with E-state index in [4.69, 9.17) is 5.11 Å². The van der Waals surface area contributed by atoms with Gasteiger partial charge in [-0.1, -0.05) is 54.6 Å². The second kappa shape index (κ2) is 8.53. The van der Waals surface area contributed by atoms with Crippen molar-refractivity contribution in [3.8, 4) is 0 Å². The smallest absolute Gasteiger partial charge is 0.328 e. The Morgan fingerprint density at radius 1 is 1.10 bits per heavy atom. The normalized spacial score (nSPS) is 10.5. The van der Waals surface area contributed by atoms with Gasteiger partial charge in [0.2, 0.25) is 0 Å². The first-order chi connectivity index (χ1) is 9.69. The highest BCUT2D eigenvalue weighted by atomic mass is 16.4. The summed E-state index contributed by atoms with van der Waals surface area (Å²) >= 11 is 0. The Labute approximate surface area is 119 Å². The van der Waals surface area contributed by atoms with E-state index >= 15 is 0 Å². The fourth-order valence-corrected chi connectivity index (χ4v) is 1.69. The molecule has 0 aromatic heterocycles. The monoisotopic (exact) mass is 269 g/mol. The van der Waals surface area contributed by atoms with Gasteiger partial charge in [0.15, 0.2) is 0 Å². The van der Waals surface area contributed by atoms with E-state index in [9.17, 15) is 4.79 Å². The summed E-state index contributed by atoms with van der Waals surface area (Å²) in [6.07, 6.45) is 5.98. The maximum Gasteiger partial charge on any atom is 0.328 e. The summed E-state index contributed by atoms with van der Waals surface area (Å²) < 4.78 is 0. The summed E-state index contributed by atoms with van der Waals surface area (Å²) in [5.41, 5.74) is 1.19. The number of allylic oxidation sites excluding steroid dienone is 3. The van der Waals surface area contributed by atoms with E-state index in [1.165, 1.54) is 22.5 Å². The summed E-state index contributed by atoms with van der Waals surface area (Å²) in [6.45, 7) is 1.83. The highest BCUT2D eigenvalue weighted by Gasteiger charge is 1.95. The molecule has 0 bridgehead atoms. The number of fused-ring (bicyclic) bond motifs is 1. The highest BCUT2D eigenvalue weighted by molar-refractivity contribution is 5.93. The Kier molecular flexibility index (Phi) is 6.62. The molecule has 104 valence electrons. The first kappa shape index (κ1) is 15.5. The van der Waals surface area contributed by atoms with Crippen molar-refractivity contribution in [2.45, 2.75) is 6.92 Å². The quantitative estimate of drug-likeness (QED) is 0.652. The molecule has 20 heavy (non-hydrogen) atoms. The Morgan fingerprint density at radius 2 is 1.80 bits per heavy atom. The van der Waals surface area contributed by atoms with Gasteiger partial charge in [0.1, 0.15) is 0 Å². The average Bonchev–Trinajstić information content (AvgIpc) is 2.47. The van der Waals surface area contributed by atoms with Crippen LogP contribution in [0.5, 0.6) is 0 Å². The van der Waals surface area contributed by atoms with Crippen molar-refractivity contribution in [2.75, 3.05) is 12.4 Å². The second-order valence-corrected chi connectivity index (χ2v) is 4.00. The number of anilines is 1. The molecule has 0 aliphatic carbocycles. The minimum atomic E-state index is -0.914. The van der Waals surface area contributed by atoms with Gasteiger partial charge in [-0.3, -0.25) is 0 Å². The molecule has 0 radical (unpaired) electrons. The molecule has 2 rings (SSSR count). The Morgan fingerprint density at radius 3 is 2.45 bits per heavy atom. The van der Waals surface area contributed by atoms with Crippen LogP contribution in [0.2, 0.25) is 0 Å². The van der Waals surface area contributed by atoms with Crippen molar-refractivity contribution in [1.29, 1.82) is 0 Å². The van der Waals surface area contributed by atoms with E-state index in [1.807, 2.05) is 14.0 Å². The molecule has 2 aromatic rings. The largest absolute Gasteiger partial charge is 0.478 e. The van der Waals surface area contributed by atoms with Gasteiger partial charge in [0.25, 0.3) is 0 Å². The summed E-state index contributed by atoms with van der Waals surface area (Å²) in [6, 6.07) is 14.6. The van der Waals surface area contributed by atoms with Crippen LogP contribution in [0.15, 0.2) is 66.8 Å². The van der Waals surface area contributed by atoms with Gasteiger partial charge < -0.3 is 10.4 Å². The van der Waals surface area contributed by atoms with Gasteiger partial charge in [0, 0.05) is 24.2 Å². The van der Waals surface area contributed by atoms with Crippen molar-refractivity contribution in [1.82, 2.24) is 0 Å². The third-order valence-electron chi connectivity index (χ3n) is 2.60. The third kappa shape index (κ3) is 4.98. The molecular weight excluding hydrogens is 250 g/mol. The molecule has 2 aromatic carbocycles. The fourth-order valence-electron chi connectivity index (χ4n) is 1.69. The number of aliphatic carboxylic acids is 1. The van der Waals surface area contributed by atoms with Crippen molar-refractivity contribution < 1.29 is 9.90 Å². The molecule has 3 nitrogen and oxygen atoms in total. The highest BCUT2D eigenvalue weighted by Crippen LogP contribution is 2.21. The SMILES string of the molecule is CC=CC=CC(=O)O.CNc1cccc2ccccc12. The molecule has 0 atom stereocenters. The molecule has 0 heterocycles. The number of benzene rings is 2. The zero-order chi connectivity index (χ0) is 14.8. The Hall–Kier alpha value is -2.55. The van der Waals surface area contributed by atoms with E-state index in [0.717, 1.165) is 6.08 Å². The van der Waals surface area contributed by atoms with Crippen LogP contribution in [-0.4, -0.2) is 18.1 Å². The third-order valence-corrected chi connectivity index (χ3v) is 2.60. The summed E-state index contributed by atoms with van der Waals surface area (Å²) in [7, 11) is 1.95. The van der Waals surface area contributed by atoms with Crippen molar-refractivity contribution in [3.63, 3.8) is 0 Å². The van der Waals surface area contributed by atoms with E-state index < -0.39 is 5.97 Å². The van der Waals surface area contributed by atoms with E-state index in [2.05, 4.69) is 47.8 Å². The molecule has 0 saturated carbocycles. The second-order valence-electron chi connectivity index (χ2n) is 4.00. The van der Waals surface area contributed by atoms with Crippen molar-refractivity contribution in [2.24, 2.45) is 0 Å². The standard InChI is InChI=1S/C11H11N.C6H8O2/c1-12-11-8-4-6-9-5-2-3-7-10(9)11;1-2-3-4-5-6(7)8/h2-8,12H,1H3;2-5H,1H3,(H,7,8). The first-order valence-electron chi connectivity index (χ1n) is 6.37. The number of hydrogen-bond donors (Lipinski definition) is 2. The van der Waals surface area contributed by atoms with E-state index in [1.54, 1.807) is 12.2 Å². The average molecular weight is 269 g/mol. The summed E-state index contributed by atoms with van der Waals surface area (Å²) in [5.74, 6) is -0.914. The zero-order valence-corrected chi connectivity index (χ0v) is 11.7. The van der Waals surface area contributed by atoms with Crippen LogP contribution in [-0.2, 0) is 4.79 Å². The topological polar surface area (TPSA) is 49.3 Å². The molecule has 0 fully saturated rings. The Balaban J connectivity index is 0.000000221. The van der Waals surface area contributed by atoms with E-state index in [0.29, 0.717) is 0 Å². The number of carboxylic acid groups (broad SMARTS) is 1. The van der Waals surface area contributed by atoms with Crippen LogP contribution < -0.4 is 5.32 Å². The number of carbonyl (C=O) groups is 1. The molecule has 3 heteroatoms. The van der Waals surface area contributed by atoms with Gasteiger partial charge in [-0.15, -0.1) is 0 Å². The maximum atomic E-state index is 9.75. The van der Waals surface area contributed by atoms with Crippen LogP contribution in [0.1, 0.15) is 6.92 Å². The maximum absolute atomic E-state index is 9.75. The fraction of sp³-hybridized carbons (Fsp3) is 0.118. The van der Waals surface area contributed by atoms with Gasteiger partial charge in [0.05, 0.1) is 0 Å². The van der Waals surface area contributed by atoms with Gasteiger partial charge >= 0.3 is 5.97 Å². The Bertz CT molecular complexity index is 610. The van der Waals surface area contributed by atoms with Crippen LogP contribution in [0.25, 0.3) is 10.8 Å². The number of nitrogens with one attached hydrogen (secondary N) is 1. The number of rotatable bonds is 3. The molecule has 0 aliphatic heterocycles. The first-order valence-corrected chi connectivity index (χ1v) is 6.37. The van der Waals surface area contributed by atoms with Crippen LogP contribution in [0.4, 0.5) is 5.69 Å². The molecular formula is C17H19NO2. The lowest BCUT2D eigenvalue weighted by atomic mass is 10.1. The predicted octanol–water partition coefficient (Wildman–Crippen LogP) is 4.08. The van der Waals surface area contributed by atoms with Crippen LogP contribution >= 0.6 is 0 Å². The summed E-state index contributed by atoms with van der Waals surface area (Å²) in [4.78, 5) is 9.75. The van der Waals surface area contributed by atoms with Crippen molar-refractivity contribution >= 4 is 22.4 Å². The van der Waals surface area contributed by atoms with Gasteiger partial charge in [-0.25, -0.2) is 4.79 Å². The van der Waals surface area contributed by atoms with Crippen LogP contribution in [0.3, 0.4) is 0 Å². The lowest BCUT2D eigenvalue weighted by Gasteiger charge is -2.04. The minimum Gasteiger partial charge on any atom is -0.478 e. The molecule has 0 unspecified atom stereocenters. The lowest BCUT2D eigenvalue weighted by Crippen LogP contribution is -1.88. The van der Waals surface area contributed by atoms with Gasteiger partial charge in [-0.05, 0) is 18.4 Å².